The Bertz CT molecular complexity index is 494. The lowest BCUT2D eigenvalue weighted by molar-refractivity contribution is -0.151. The van der Waals surface area contributed by atoms with E-state index in [0.29, 0.717) is 0 Å². The van der Waals surface area contributed by atoms with Crippen LogP contribution in [0.4, 0.5) is 0 Å². The van der Waals surface area contributed by atoms with Gasteiger partial charge in [-0.15, -0.1) is 12.4 Å². The van der Waals surface area contributed by atoms with Gasteiger partial charge in [0.25, 0.3) is 10.1 Å². The fourth-order valence-corrected chi connectivity index (χ4v) is 1.73. The number of benzene rings is 1. The van der Waals surface area contributed by atoms with Crippen molar-refractivity contribution in [2.24, 2.45) is 0 Å². The molecule has 1 aliphatic heterocycles. The third kappa shape index (κ3) is 2.23. The first-order valence-corrected chi connectivity index (χ1v) is 5.13. The molecular weight excluding hydrogens is 244 g/mol. The maximum absolute atomic E-state index is 10.9. The van der Waals surface area contributed by atoms with Gasteiger partial charge in [-0.25, -0.2) is 0 Å². The summed E-state index contributed by atoms with van der Waals surface area (Å²) in [5.41, 5.74) is 0.279. The molecule has 2 rings (SSSR count). The minimum absolute atomic E-state index is 0. The molecule has 1 aromatic carbocycles. The summed E-state index contributed by atoms with van der Waals surface area (Å²) < 4.78 is 30.7. The Kier molecular flexibility index (Phi) is 3.23. The highest BCUT2D eigenvalue weighted by atomic mass is 35.5. The standard InChI is InChI=1S/C8H6O5S.ClH/c9-14(10,11)8-5-12-13-7-4-2-1-3-6(7)8;/h1-5H,(H,9,10,11);1H. The molecule has 0 amide bonds. The number of para-hydroxylation sites is 1. The fraction of sp³-hybridized carbons (Fsp3) is 0. The number of hydrogen-bond donors (Lipinski definition) is 1. The van der Waals surface area contributed by atoms with Gasteiger partial charge < -0.3 is 0 Å². The molecule has 15 heavy (non-hydrogen) atoms. The number of rotatable bonds is 1. The van der Waals surface area contributed by atoms with Crippen molar-refractivity contribution in [3.05, 3.63) is 36.1 Å². The molecule has 0 aliphatic carbocycles. The molecule has 0 radical (unpaired) electrons. The number of fused-ring (bicyclic) bond motifs is 1. The van der Waals surface area contributed by atoms with E-state index >= 15 is 0 Å². The Morgan fingerprint density at radius 3 is 2.53 bits per heavy atom. The van der Waals surface area contributed by atoms with Crippen LogP contribution in [0.3, 0.4) is 0 Å². The molecule has 7 heteroatoms. The van der Waals surface area contributed by atoms with Gasteiger partial charge in [-0.2, -0.15) is 8.42 Å². The highest BCUT2D eigenvalue weighted by Crippen LogP contribution is 2.32. The van der Waals surface area contributed by atoms with Gasteiger partial charge in [0.05, 0.1) is 0 Å². The molecule has 0 saturated heterocycles. The van der Waals surface area contributed by atoms with Crippen molar-refractivity contribution in [2.45, 2.75) is 0 Å². The summed E-state index contributed by atoms with van der Waals surface area (Å²) >= 11 is 0. The average Bonchev–Trinajstić information content (AvgIpc) is 2.15. The summed E-state index contributed by atoms with van der Waals surface area (Å²) in [6.45, 7) is 0. The molecule has 0 spiro atoms. The van der Waals surface area contributed by atoms with Gasteiger partial charge in [-0.1, -0.05) is 12.1 Å². The maximum Gasteiger partial charge on any atom is 0.298 e. The quantitative estimate of drug-likeness (QED) is 0.606. The van der Waals surface area contributed by atoms with Crippen molar-refractivity contribution < 1.29 is 22.7 Å². The Hall–Kier alpha value is -1.24. The second-order valence-corrected chi connectivity index (χ2v) is 4.02. The van der Waals surface area contributed by atoms with Gasteiger partial charge in [0, 0.05) is 5.56 Å². The van der Waals surface area contributed by atoms with E-state index in [1.807, 2.05) is 0 Å². The van der Waals surface area contributed by atoms with Crippen molar-refractivity contribution in [1.82, 2.24) is 0 Å². The first-order valence-electron chi connectivity index (χ1n) is 3.69. The smallest absolute Gasteiger partial charge is 0.296 e. The predicted molar refractivity (Wildman–Crippen MR) is 54.9 cm³/mol. The van der Waals surface area contributed by atoms with E-state index in [2.05, 4.69) is 4.89 Å². The largest absolute Gasteiger partial charge is 0.298 e. The minimum Gasteiger partial charge on any atom is -0.296 e. The van der Waals surface area contributed by atoms with E-state index in [0.717, 1.165) is 6.26 Å². The Morgan fingerprint density at radius 2 is 1.87 bits per heavy atom. The topological polar surface area (TPSA) is 72.8 Å². The van der Waals surface area contributed by atoms with Crippen molar-refractivity contribution >= 4 is 27.4 Å². The van der Waals surface area contributed by atoms with Crippen molar-refractivity contribution in [1.29, 1.82) is 0 Å². The Balaban J connectivity index is 0.00000112. The molecule has 5 nitrogen and oxygen atoms in total. The highest BCUT2D eigenvalue weighted by Gasteiger charge is 2.24. The molecule has 1 aliphatic rings. The lowest BCUT2D eigenvalue weighted by Gasteiger charge is -2.14. The van der Waals surface area contributed by atoms with Crippen LogP contribution in [0.5, 0.6) is 5.75 Å². The van der Waals surface area contributed by atoms with Gasteiger partial charge in [0.1, 0.15) is 4.91 Å². The molecule has 1 N–H and O–H groups in total. The monoisotopic (exact) mass is 250 g/mol. The third-order valence-corrected chi connectivity index (χ3v) is 2.60. The van der Waals surface area contributed by atoms with Crippen LogP contribution in [0.25, 0.3) is 4.91 Å². The maximum atomic E-state index is 10.9. The summed E-state index contributed by atoms with van der Waals surface area (Å²) in [5, 5.41) is 0. The van der Waals surface area contributed by atoms with Crippen LogP contribution >= 0.6 is 12.4 Å². The lowest BCUT2D eigenvalue weighted by atomic mass is 10.2. The van der Waals surface area contributed by atoms with E-state index in [4.69, 9.17) is 9.44 Å². The van der Waals surface area contributed by atoms with Crippen molar-refractivity contribution in [3.8, 4) is 5.75 Å². The first kappa shape index (κ1) is 11.8. The van der Waals surface area contributed by atoms with Gasteiger partial charge in [0.2, 0.25) is 0 Å². The Labute approximate surface area is 92.4 Å². The van der Waals surface area contributed by atoms with Crippen LogP contribution in [0.2, 0.25) is 0 Å². The number of halogens is 1. The zero-order valence-corrected chi connectivity index (χ0v) is 8.92. The van der Waals surface area contributed by atoms with E-state index in [9.17, 15) is 8.42 Å². The van der Waals surface area contributed by atoms with Crippen LogP contribution in [-0.4, -0.2) is 13.0 Å². The third-order valence-electron chi connectivity index (χ3n) is 1.72. The summed E-state index contributed by atoms with van der Waals surface area (Å²) in [6, 6.07) is 6.34. The molecule has 0 saturated carbocycles. The normalized spacial score (nSPS) is 13.8. The van der Waals surface area contributed by atoms with Crippen molar-refractivity contribution in [3.63, 3.8) is 0 Å². The van der Waals surface area contributed by atoms with Gasteiger partial charge in [-0.3, -0.25) is 14.3 Å². The van der Waals surface area contributed by atoms with Gasteiger partial charge >= 0.3 is 0 Å². The summed E-state index contributed by atoms with van der Waals surface area (Å²) in [7, 11) is -4.28. The van der Waals surface area contributed by atoms with Gasteiger partial charge in [0.15, 0.2) is 12.0 Å². The molecule has 82 valence electrons. The first-order chi connectivity index (χ1) is 6.59. The van der Waals surface area contributed by atoms with E-state index in [-0.39, 0.29) is 28.6 Å². The highest BCUT2D eigenvalue weighted by molar-refractivity contribution is 7.95. The van der Waals surface area contributed by atoms with Gasteiger partial charge in [-0.05, 0) is 12.1 Å². The lowest BCUT2D eigenvalue weighted by Crippen LogP contribution is -2.08. The molecule has 0 atom stereocenters. The zero-order valence-electron chi connectivity index (χ0n) is 7.28. The second-order valence-electron chi connectivity index (χ2n) is 2.63. The van der Waals surface area contributed by atoms with E-state index in [1.54, 1.807) is 12.1 Å². The van der Waals surface area contributed by atoms with Crippen LogP contribution in [0.15, 0.2) is 30.5 Å². The summed E-state index contributed by atoms with van der Waals surface area (Å²) in [6.07, 6.45) is 0.845. The van der Waals surface area contributed by atoms with Crippen LogP contribution in [-0.2, 0) is 15.0 Å². The minimum atomic E-state index is -4.28. The van der Waals surface area contributed by atoms with Crippen LogP contribution in [0.1, 0.15) is 5.56 Å². The van der Waals surface area contributed by atoms with E-state index in [1.165, 1.54) is 12.1 Å². The van der Waals surface area contributed by atoms with Crippen LogP contribution in [0, 0.1) is 0 Å². The van der Waals surface area contributed by atoms with Crippen molar-refractivity contribution in [2.75, 3.05) is 0 Å². The molecule has 0 fully saturated rings. The van der Waals surface area contributed by atoms with E-state index < -0.39 is 10.1 Å². The molecule has 1 aromatic rings. The fourth-order valence-electron chi connectivity index (χ4n) is 1.13. The second kappa shape index (κ2) is 4.09. The molecule has 0 aromatic heterocycles. The Morgan fingerprint density at radius 1 is 1.20 bits per heavy atom. The molecule has 0 bridgehead atoms. The summed E-state index contributed by atoms with van der Waals surface area (Å²) in [4.78, 5) is 8.82. The predicted octanol–water partition coefficient (Wildman–Crippen LogP) is 1.62. The molecule has 1 heterocycles. The van der Waals surface area contributed by atoms with Crippen LogP contribution < -0.4 is 4.89 Å². The molecular formula is C8H7ClO5S. The zero-order chi connectivity index (χ0) is 10.2. The SMILES string of the molecule is Cl.O=S(=O)(O)C1=COOc2ccccc21. The molecule has 0 unspecified atom stereocenters. The summed E-state index contributed by atoms with van der Waals surface area (Å²) in [5.74, 6) is 0.252. The number of hydrogen-bond acceptors (Lipinski definition) is 4. The average molecular weight is 251 g/mol.